The number of amides is 1. The van der Waals surface area contributed by atoms with Gasteiger partial charge < -0.3 is 5.32 Å². The topological polar surface area (TPSA) is 72.2 Å². The van der Waals surface area contributed by atoms with E-state index in [0.29, 0.717) is 10.8 Å². The van der Waals surface area contributed by atoms with Gasteiger partial charge in [0, 0.05) is 11.3 Å². The average Bonchev–Trinajstić information content (AvgIpc) is 3.12. The van der Waals surface area contributed by atoms with E-state index < -0.39 is 0 Å². The Balaban J connectivity index is 1.50. The van der Waals surface area contributed by atoms with E-state index in [0.717, 1.165) is 28.1 Å². The number of nitrogens with zero attached hydrogens (tertiary/aromatic N) is 4. The molecular formula is C22H21N5OS. The molecule has 7 heteroatoms. The fraction of sp³-hybridized carbons (Fsp3) is 0.182. The highest BCUT2D eigenvalue weighted by molar-refractivity contribution is 7.99. The molecule has 29 heavy (non-hydrogen) atoms. The first-order chi connectivity index (χ1) is 14.0. The van der Waals surface area contributed by atoms with Gasteiger partial charge >= 0.3 is 0 Å². The third kappa shape index (κ3) is 4.30. The molecule has 0 atom stereocenters. The van der Waals surface area contributed by atoms with Crippen molar-refractivity contribution in [2.45, 2.75) is 25.9 Å². The minimum Gasteiger partial charge on any atom is -0.325 e. The van der Waals surface area contributed by atoms with E-state index in [2.05, 4.69) is 39.7 Å². The van der Waals surface area contributed by atoms with Crippen LogP contribution in [0, 0.1) is 20.8 Å². The molecule has 0 radical (unpaired) electrons. The van der Waals surface area contributed by atoms with E-state index in [-0.39, 0.29) is 11.7 Å². The second-order valence-electron chi connectivity index (χ2n) is 6.99. The number of nitrogens with one attached hydrogen (secondary N) is 1. The summed E-state index contributed by atoms with van der Waals surface area (Å²) in [6.45, 7) is 6.03. The van der Waals surface area contributed by atoms with Gasteiger partial charge in [-0.25, -0.2) is 0 Å². The van der Waals surface area contributed by atoms with Crippen molar-refractivity contribution in [2.75, 3.05) is 11.1 Å². The highest BCUT2D eigenvalue weighted by Crippen LogP contribution is 2.22. The van der Waals surface area contributed by atoms with Gasteiger partial charge in [-0.15, -0.1) is 10.2 Å². The highest BCUT2D eigenvalue weighted by Gasteiger charge is 2.12. The molecular weight excluding hydrogens is 382 g/mol. The second kappa shape index (κ2) is 8.05. The molecule has 1 amide bonds. The molecule has 2 aromatic carbocycles. The van der Waals surface area contributed by atoms with Crippen molar-refractivity contribution in [2.24, 2.45) is 0 Å². The SMILES string of the molecule is Cc1ccc(-c2ccc3nnc(SCC(=O)Nc4cc(C)ccc4C)n3n2)cc1. The summed E-state index contributed by atoms with van der Waals surface area (Å²) in [5, 5.41) is 16.6. The third-order valence-electron chi connectivity index (χ3n) is 4.58. The smallest absolute Gasteiger partial charge is 0.234 e. The summed E-state index contributed by atoms with van der Waals surface area (Å²) >= 11 is 1.32. The number of aryl methyl sites for hydroxylation is 3. The van der Waals surface area contributed by atoms with Crippen LogP contribution in [0.3, 0.4) is 0 Å². The van der Waals surface area contributed by atoms with E-state index >= 15 is 0 Å². The van der Waals surface area contributed by atoms with Gasteiger partial charge in [0.2, 0.25) is 11.1 Å². The van der Waals surface area contributed by atoms with Gasteiger partial charge in [-0.3, -0.25) is 4.79 Å². The molecule has 4 aromatic rings. The average molecular weight is 404 g/mol. The molecule has 0 saturated heterocycles. The Hall–Kier alpha value is -3.19. The largest absolute Gasteiger partial charge is 0.325 e. The molecule has 0 aliphatic heterocycles. The van der Waals surface area contributed by atoms with Crippen molar-refractivity contribution < 1.29 is 4.79 Å². The van der Waals surface area contributed by atoms with Crippen LogP contribution in [0.4, 0.5) is 5.69 Å². The molecule has 0 aliphatic rings. The molecule has 2 aromatic heterocycles. The van der Waals surface area contributed by atoms with Crippen molar-refractivity contribution in [3.63, 3.8) is 0 Å². The maximum absolute atomic E-state index is 12.4. The minimum absolute atomic E-state index is 0.0878. The molecule has 1 N–H and O–H groups in total. The lowest BCUT2D eigenvalue weighted by Crippen LogP contribution is -2.15. The first-order valence-corrected chi connectivity index (χ1v) is 10.3. The molecule has 0 unspecified atom stereocenters. The number of carbonyl (C=O) groups excluding carboxylic acids is 1. The lowest BCUT2D eigenvalue weighted by molar-refractivity contribution is -0.113. The fourth-order valence-corrected chi connectivity index (χ4v) is 3.61. The lowest BCUT2D eigenvalue weighted by atomic mass is 10.1. The number of benzene rings is 2. The van der Waals surface area contributed by atoms with Gasteiger partial charge in [-0.05, 0) is 50.1 Å². The van der Waals surface area contributed by atoms with Gasteiger partial charge in [0.25, 0.3) is 0 Å². The number of rotatable bonds is 5. The van der Waals surface area contributed by atoms with Gasteiger partial charge in [0.1, 0.15) is 0 Å². The monoisotopic (exact) mass is 403 g/mol. The molecule has 0 spiro atoms. The number of fused-ring (bicyclic) bond motifs is 1. The minimum atomic E-state index is -0.0878. The standard InChI is InChI=1S/C22H21N5OS/c1-14-5-8-17(9-6-14)18-10-11-20-24-25-22(27(20)26-18)29-13-21(28)23-19-12-15(2)4-7-16(19)3/h4-12H,13H2,1-3H3,(H,23,28). The quantitative estimate of drug-likeness (QED) is 0.499. The molecule has 0 bridgehead atoms. The summed E-state index contributed by atoms with van der Waals surface area (Å²) in [6.07, 6.45) is 0. The highest BCUT2D eigenvalue weighted by atomic mass is 32.2. The van der Waals surface area contributed by atoms with Crippen molar-refractivity contribution >= 4 is 29.0 Å². The van der Waals surface area contributed by atoms with Crippen molar-refractivity contribution in [3.8, 4) is 11.3 Å². The fourth-order valence-electron chi connectivity index (χ4n) is 2.92. The van der Waals surface area contributed by atoms with Crippen LogP contribution in [-0.2, 0) is 4.79 Å². The molecule has 4 rings (SSSR count). The van der Waals surface area contributed by atoms with Gasteiger partial charge in [-0.2, -0.15) is 9.61 Å². The van der Waals surface area contributed by atoms with E-state index in [1.165, 1.54) is 17.3 Å². The van der Waals surface area contributed by atoms with E-state index in [4.69, 9.17) is 0 Å². The zero-order valence-electron chi connectivity index (χ0n) is 16.5. The number of carbonyl (C=O) groups is 1. The van der Waals surface area contributed by atoms with Crippen LogP contribution in [0.2, 0.25) is 0 Å². The number of aromatic nitrogens is 4. The number of hydrogen-bond acceptors (Lipinski definition) is 5. The van der Waals surface area contributed by atoms with Gasteiger partial charge in [0.05, 0.1) is 11.4 Å². The maximum Gasteiger partial charge on any atom is 0.234 e. The number of thioether (sulfide) groups is 1. The van der Waals surface area contributed by atoms with Crippen molar-refractivity contribution in [1.29, 1.82) is 0 Å². The molecule has 0 aliphatic carbocycles. The molecule has 2 heterocycles. The Kier molecular flexibility index (Phi) is 5.31. The number of anilines is 1. The normalized spacial score (nSPS) is 11.0. The molecule has 0 saturated carbocycles. The first-order valence-electron chi connectivity index (χ1n) is 9.29. The lowest BCUT2D eigenvalue weighted by Gasteiger charge is -2.09. The van der Waals surface area contributed by atoms with Crippen molar-refractivity contribution in [1.82, 2.24) is 19.8 Å². The zero-order chi connectivity index (χ0) is 20.4. The summed E-state index contributed by atoms with van der Waals surface area (Å²) in [5.41, 5.74) is 6.68. The van der Waals surface area contributed by atoms with E-state index in [9.17, 15) is 4.79 Å². The maximum atomic E-state index is 12.4. The summed E-state index contributed by atoms with van der Waals surface area (Å²) in [4.78, 5) is 12.4. The van der Waals surface area contributed by atoms with E-state index in [1.807, 2.05) is 56.3 Å². The predicted molar refractivity (Wildman–Crippen MR) is 116 cm³/mol. The number of hydrogen-bond donors (Lipinski definition) is 1. The summed E-state index contributed by atoms with van der Waals surface area (Å²) in [7, 11) is 0. The van der Waals surface area contributed by atoms with Crippen molar-refractivity contribution in [3.05, 3.63) is 71.3 Å². The van der Waals surface area contributed by atoms with Crippen LogP contribution in [0.1, 0.15) is 16.7 Å². The Morgan fingerprint density at radius 1 is 0.966 bits per heavy atom. The Bertz CT molecular complexity index is 1180. The Morgan fingerprint density at radius 3 is 2.52 bits per heavy atom. The van der Waals surface area contributed by atoms with Crippen LogP contribution in [0.15, 0.2) is 59.8 Å². The zero-order valence-corrected chi connectivity index (χ0v) is 17.3. The van der Waals surface area contributed by atoms with Crippen LogP contribution in [-0.4, -0.2) is 31.5 Å². The van der Waals surface area contributed by atoms with Crippen LogP contribution in [0.25, 0.3) is 16.9 Å². The third-order valence-corrected chi connectivity index (χ3v) is 5.50. The Labute approximate surface area is 173 Å². The first kappa shape index (κ1) is 19.1. The second-order valence-corrected chi connectivity index (χ2v) is 7.93. The van der Waals surface area contributed by atoms with Crippen LogP contribution >= 0.6 is 11.8 Å². The molecule has 6 nitrogen and oxygen atoms in total. The van der Waals surface area contributed by atoms with E-state index in [1.54, 1.807) is 4.52 Å². The summed E-state index contributed by atoms with van der Waals surface area (Å²) in [5.74, 6) is 0.139. The summed E-state index contributed by atoms with van der Waals surface area (Å²) < 4.78 is 1.69. The van der Waals surface area contributed by atoms with Crippen LogP contribution in [0.5, 0.6) is 0 Å². The molecule has 0 fully saturated rings. The van der Waals surface area contributed by atoms with Gasteiger partial charge in [0.15, 0.2) is 5.65 Å². The van der Waals surface area contributed by atoms with Gasteiger partial charge in [-0.1, -0.05) is 53.7 Å². The predicted octanol–water partition coefficient (Wildman–Crippen LogP) is 4.45. The Morgan fingerprint density at radius 2 is 1.72 bits per heavy atom. The molecule has 146 valence electrons. The van der Waals surface area contributed by atoms with Crippen LogP contribution < -0.4 is 5.32 Å². The summed E-state index contributed by atoms with van der Waals surface area (Å²) in [6, 6.07) is 18.0.